The van der Waals surface area contributed by atoms with E-state index in [2.05, 4.69) is 20.8 Å². The van der Waals surface area contributed by atoms with Crippen LogP contribution in [0.1, 0.15) is 12.7 Å². The van der Waals surface area contributed by atoms with Crippen molar-refractivity contribution in [2.24, 2.45) is 7.05 Å². The number of nitrogens with zero attached hydrogens (tertiary/aromatic N) is 3. The zero-order chi connectivity index (χ0) is 23.1. The molecule has 0 saturated heterocycles. The highest BCUT2D eigenvalue weighted by Crippen LogP contribution is 2.26. The zero-order valence-corrected chi connectivity index (χ0v) is 19.7. The summed E-state index contributed by atoms with van der Waals surface area (Å²) in [7, 11) is 1.75. The Bertz CT molecular complexity index is 1110. The zero-order valence-electron chi connectivity index (χ0n) is 17.4. The molecule has 0 aliphatic carbocycles. The van der Waals surface area contributed by atoms with E-state index in [4.69, 9.17) is 27.9 Å². The van der Waals surface area contributed by atoms with Gasteiger partial charge < -0.3 is 19.9 Å². The van der Waals surface area contributed by atoms with Gasteiger partial charge in [-0.05, 0) is 49.4 Å². The third-order valence-corrected chi connectivity index (χ3v) is 5.80. The first-order valence-corrected chi connectivity index (χ1v) is 11.4. The lowest BCUT2D eigenvalue weighted by atomic mass is 10.3. The number of rotatable bonds is 9. The second-order valence-electron chi connectivity index (χ2n) is 6.60. The molecule has 0 aliphatic heterocycles. The molecule has 2 aromatic carbocycles. The molecule has 32 heavy (non-hydrogen) atoms. The van der Waals surface area contributed by atoms with Crippen LogP contribution < -0.4 is 15.4 Å². The average molecular weight is 494 g/mol. The molecule has 1 aromatic heterocycles. The van der Waals surface area contributed by atoms with E-state index in [1.54, 1.807) is 54.1 Å². The Morgan fingerprint density at radius 3 is 2.50 bits per heavy atom. The van der Waals surface area contributed by atoms with Gasteiger partial charge in [-0.1, -0.05) is 35.0 Å². The summed E-state index contributed by atoms with van der Waals surface area (Å²) < 4.78 is 7.07. The van der Waals surface area contributed by atoms with E-state index in [1.807, 2.05) is 6.92 Å². The Hall–Kier alpha value is -2.75. The van der Waals surface area contributed by atoms with Gasteiger partial charge in [0, 0.05) is 17.8 Å². The van der Waals surface area contributed by atoms with E-state index in [-0.39, 0.29) is 24.0 Å². The quantitative estimate of drug-likeness (QED) is 0.427. The van der Waals surface area contributed by atoms with Crippen molar-refractivity contribution in [2.75, 3.05) is 23.0 Å². The normalized spacial score (nSPS) is 10.6. The van der Waals surface area contributed by atoms with Gasteiger partial charge in [0.15, 0.2) is 5.16 Å². The molecule has 8 nitrogen and oxygen atoms in total. The van der Waals surface area contributed by atoms with Crippen LogP contribution in [0.15, 0.2) is 47.6 Å². The van der Waals surface area contributed by atoms with Gasteiger partial charge in [-0.2, -0.15) is 0 Å². The highest BCUT2D eigenvalue weighted by Gasteiger charge is 2.15. The summed E-state index contributed by atoms with van der Waals surface area (Å²) in [6.45, 7) is 2.49. The summed E-state index contributed by atoms with van der Waals surface area (Å²) in [5.41, 5.74) is 1.14. The lowest BCUT2D eigenvalue weighted by Crippen LogP contribution is -2.17. The lowest BCUT2D eigenvalue weighted by Gasteiger charge is -2.08. The fourth-order valence-electron chi connectivity index (χ4n) is 2.68. The van der Waals surface area contributed by atoms with Gasteiger partial charge in [0.2, 0.25) is 11.8 Å². The number of carbonyl (C=O) groups is 2. The molecule has 1 heterocycles. The maximum absolute atomic E-state index is 12.4. The number of ether oxygens (including phenoxy) is 1. The molecule has 11 heteroatoms. The summed E-state index contributed by atoms with van der Waals surface area (Å²) in [5, 5.41) is 15.0. The largest absolute Gasteiger partial charge is 0.494 e. The summed E-state index contributed by atoms with van der Waals surface area (Å²) in [6.07, 6.45) is 0.0455. The van der Waals surface area contributed by atoms with Crippen LogP contribution in [0, 0.1) is 0 Å². The summed E-state index contributed by atoms with van der Waals surface area (Å²) in [4.78, 5) is 24.6. The highest BCUT2D eigenvalue weighted by atomic mass is 35.5. The summed E-state index contributed by atoms with van der Waals surface area (Å²) >= 11 is 13.1. The number of amides is 2. The van der Waals surface area contributed by atoms with Crippen molar-refractivity contribution in [1.82, 2.24) is 14.8 Å². The lowest BCUT2D eigenvalue weighted by molar-refractivity contribution is -0.116. The van der Waals surface area contributed by atoms with Crippen LogP contribution in [0.2, 0.25) is 10.0 Å². The molecule has 0 fully saturated rings. The number of nitrogens with one attached hydrogen (secondary N) is 2. The Morgan fingerprint density at radius 2 is 1.81 bits per heavy atom. The second-order valence-corrected chi connectivity index (χ2v) is 8.39. The first kappa shape index (κ1) is 23.9. The number of thioether (sulfide) groups is 1. The fourth-order valence-corrected chi connectivity index (χ4v) is 3.87. The van der Waals surface area contributed by atoms with Gasteiger partial charge in [-0.3, -0.25) is 9.59 Å². The molecule has 3 rings (SSSR count). The van der Waals surface area contributed by atoms with Crippen molar-refractivity contribution in [3.63, 3.8) is 0 Å². The van der Waals surface area contributed by atoms with Crippen molar-refractivity contribution in [1.29, 1.82) is 0 Å². The average Bonchev–Trinajstić information content (AvgIpc) is 3.09. The Balaban J connectivity index is 1.52. The van der Waals surface area contributed by atoms with E-state index in [9.17, 15) is 9.59 Å². The second kappa shape index (κ2) is 11.2. The van der Waals surface area contributed by atoms with E-state index in [0.717, 1.165) is 5.75 Å². The molecular formula is C21H21Cl2N5O3S. The van der Waals surface area contributed by atoms with Gasteiger partial charge in [0.05, 0.1) is 29.5 Å². The van der Waals surface area contributed by atoms with Crippen LogP contribution in [-0.2, 0) is 23.1 Å². The molecule has 0 atom stereocenters. The van der Waals surface area contributed by atoms with Crippen molar-refractivity contribution in [3.8, 4) is 5.75 Å². The molecule has 0 unspecified atom stereocenters. The van der Waals surface area contributed by atoms with Gasteiger partial charge in [-0.15, -0.1) is 10.2 Å². The third kappa shape index (κ3) is 6.62. The van der Waals surface area contributed by atoms with Crippen LogP contribution in [-0.4, -0.2) is 38.9 Å². The highest BCUT2D eigenvalue weighted by molar-refractivity contribution is 7.99. The molecule has 0 bridgehead atoms. The smallest absolute Gasteiger partial charge is 0.234 e. The minimum atomic E-state index is -0.253. The van der Waals surface area contributed by atoms with E-state index in [1.165, 1.54) is 11.8 Å². The van der Waals surface area contributed by atoms with Crippen LogP contribution in [0.3, 0.4) is 0 Å². The van der Waals surface area contributed by atoms with Crippen LogP contribution in [0.5, 0.6) is 5.75 Å². The fraction of sp³-hybridized carbons (Fsp3) is 0.238. The monoisotopic (exact) mass is 493 g/mol. The number of carbonyl (C=O) groups excluding carboxylic acids is 2. The molecule has 0 saturated carbocycles. The first-order chi connectivity index (χ1) is 15.4. The molecule has 0 radical (unpaired) electrons. The molecule has 2 N–H and O–H groups in total. The first-order valence-electron chi connectivity index (χ1n) is 9.64. The number of hydrogen-bond acceptors (Lipinski definition) is 6. The van der Waals surface area contributed by atoms with Crippen molar-refractivity contribution in [2.45, 2.75) is 18.5 Å². The van der Waals surface area contributed by atoms with Crippen LogP contribution >= 0.6 is 35.0 Å². The van der Waals surface area contributed by atoms with Crippen molar-refractivity contribution >= 4 is 58.2 Å². The minimum Gasteiger partial charge on any atom is -0.494 e. The number of anilines is 2. The predicted molar refractivity (Wildman–Crippen MR) is 127 cm³/mol. The molecule has 168 valence electrons. The van der Waals surface area contributed by atoms with Gasteiger partial charge >= 0.3 is 0 Å². The minimum absolute atomic E-state index is 0.0455. The Labute approximate surface area is 199 Å². The topological polar surface area (TPSA) is 98.1 Å². The van der Waals surface area contributed by atoms with E-state index >= 15 is 0 Å². The van der Waals surface area contributed by atoms with Gasteiger partial charge in [0.25, 0.3) is 0 Å². The SMILES string of the molecule is CCOc1ccc(NC(=O)Cc2nnc(SCC(=O)Nc3ccc(Cl)cc3Cl)n2C)cc1. The Morgan fingerprint density at radius 1 is 1.06 bits per heavy atom. The molecule has 3 aromatic rings. The van der Waals surface area contributed by atoms with E-state index < -0.39 is 0 Å². The summed E-state index contributed by atoms with van der Waals surface area (Å²) in [5.74, 6) is 0.844. The third-order valence-electron chi connectivity index (χ3n) is 4.23. The predicted octanol–water partition coefficient (Wildman–Crippen LogP) is 4.43. The molecular weight excluding hydrogens is 473 g/mol. The molecule has 0 aliphatic rings. The molecule has 0 spiro atoms. The standard InChI is InChI=1S/C21H21Cl2N5O3S/c1-3-31-15-7-5-14(6-8-15)24-19(29)11-18-26-27-21(28(18)2)32-12-20(30)25-17-9-4-13(22)10-16(17)23/h4-10H,3,11-12H2,1-2H3,(H,24,29)(H,25,30). The number of halogens is 2. The van der Waals surface area contributed by atoms with Gasteiger partial charge in [-0.25, -0.2) is 0 Å². The van der Waals surface area contributed by atoms with Crippen LogP contribution in [0.4, 0.5) is 11.4 Å². The number of hydrogen-bond donors (Lipinski definition) is 2. The van der Waals surface area contributed by atoms with Crippen LogP contribution in [0.25, 0.3) is 0 Å². The Kier molecular flexibility index (Phi) is 8.38. The van der Waals surface area contributed by atoms with Crippen molar-refractivity contribution in [3.05, 3.63) is 58.3 Å². The maximum atomic E-state index is 12.4. The van der Waals surface area contributed by atoms with Crippen molar-refractivity contribution < 1.29 is 14.3 Å². The maximum Gasteiger partial charge on any atom is 0.234 e. The number of benzene rings is 2. The van der Waals surface area contributed by atoms with E-state index in [0.29, 0.717) is 39.0 Å². The molecule has 2 amide bonds. The van der Waals surface area contributed by atoms with Gasteiger partial charge in [0.1, 0.15) is 11.6 Å². The summed E-state index contributed by atoms with van der Waals surface area (Å²) in [6, 6.07) is 12.0. The number of aromatic nitrogens is 3.